The number of hydrogen-bond donors (Lipinski definition) is 1. The van der Waals surface area contributed by atoms with Crippen molar-refractivity contribution in [3.05, 3.63) is 74.7 Å². The van der Waals surface area contributed by atoms with Crippen LogP contribution in [-0.4, -0.2) is 35.9 Å². The lowest BCUT2D eigenvalue weighted by molar-refractivity contribution is -0.142. The molecule has 3 aromatic carbocycles. The van der Waals surface area contributed by atoms with E-state index in [1.165, 1.54) is 4.90 Å². The molecule has 0 fully saturated rings. The maximum Gasteiger partial charge on any atom is 0.261 e. The zero-order chi connectivity index (χ0) is 24.8. The minimum Gasteiger partial charge on any atom is -0.483 e. The van der Waals surface area contributed by atoms with Crippen molar-refractivity contribution in [2.75, 3.05) is 13.2 Å². The van der Waals surface area contributed by atoms with Crippen LogP contribution in [0.4, 0.5) is 0 Å². The van der Waals surface area contributed by atoms with Crippen LogP contribution in [0.2, 0.25) is 10.0 Å². The Morgan fingerprint density at radius 2 is 1.79 bits per heavy atom. The van der Waals surface area contributed by atoms with Crippen molar-refractivity contribution < 1.29 is 14.3 Å². The highest BCUT2D eigenvalue weighted by Gasteiger charge is 2.27. The molecule has 0 unspecified atom stereocenters. The first kappa shape index (κ1) is 26.3. The highest BCUT2D eigenvalue weighted by Crippen LogP contribution is 2.33. The Labute approximate surface area is 218 Å². The normalized spacial score (nSPS) is 12.0. The predicted octanol–water partition coefficient (Wildman–Crippen LogP) is 6.48. The van der Waals surface area contributed by atoms with E-state index in [0.717, 1.165) is 15.2 Å². The highest BCUT2D eigenvalue weighted by atomic mass is 79.9. The average molecular weight is 566 g/mol. The Balaban J connectivity index is 1.80. The van der Waals surface area contributed by atoms with Crippen molar-refractivity contribution in [2.45, 2.75) is 33.4 Å². The predicted molar refractivity (Wildman–Crippen MR) is 141 cm³/mol. The Bertz CT molecular complexity index is 1190. The van der Waals surface area contributed by atoms with Gasteiger partial charge in [0, 0.05) is 23.1 Å². The van der Waals surface area contributed by atoms with Crippen molar-refractivity contribution in [2.24, 2.45) is 5.92 Å². The van der Waals surface area contributed by atoms with Crippen molar-refractivity contribution in [3.63, 3.8) is 0 Å². The van der Waals surface area contributed by atoms with Gasteiger partial charge in [0.05, 0.1) is 4.47 Å². The van der Waals surface area contributed by atoms with Gasteiger partial charge < -0.3 is 15.0 Å². The number of carbonyl (C=O) groups is 2. The number of benzene rings is 3. The fourth-order valence-electron chi connectivity index (χ4n) is 3.42. The van der Waals surface area contributed by atoms with Crippen molar-refractivity contribution in [1.29, 1.82) is 0 Å². The van der Waals surface area contributed by atoms with E-state index in [2.05, 4.69) is 21.2 Å². The number of nitrogens with zero attached hydrogens (tertiary/aromatic N) is 1. The molecule has 0 saturated heterocycles. The number of carbonyl (C=O) groups excluding carboxylic acids is 2. The van der Waals surface area contributed by atoms with Crippen LogP contribution in [0, 0.1) is 5.92 Å². The van der Waals surface area contributed by atoms with Crippen LogP contribution in [0.15, 0.2) is 59.1 Å². The molecular formula is C26H27BrCl2N2O3. The molecule has 1 N–H and O–H groups in total. The monoisotopic (exact) mass is 564 g/mol. The summed E-state index contributed by atoms with van der Waals surface area (Å²) in [7, 11) is 0. The second-order valence-electron chi connectivity index (χ2n) is 8.46. The smallest absolute Gasteiger partial charge is 0.261 e. The van der Waals surface area contributed by atoms with Crippen molar-refractivity contribution in [1.82, 2.24) is 10.2 Å². The molecular weight excluding hydrogens is 539 g/mol. The molecule has 8 heteroatoms. The summed E-state index contributed by atoms with van der Waals surface area (Å²) in [6.45, 7) is 6.15. The van der Waals surface area contributed by atoms with E-state index in [9.17, 15) is 9.59 Å². The second-order valence-corrected chi connectivity index (χ2v) is 10.1. The molecule has 3 rings (SSSR count). The summed E-state index contributed by atoms with van der Waals surface area (Å²) in [5.41, 5.74) is 0.690. The maximum atomic E-state index is 13.3. The number of fused-ring (bicyclic) bond motifs is 1. The lowest BCUT2D eigenvalue weighted by atomic mass is 10.1. The maximum absolute atomic E-state index is 13.3. The van der Waals surface area contributed by atoms with Crippen molar-refractivity contribution >= 4 is 61.7 Å². The molecule has 0 aliphatic heterocycles. The molecule has 0 radical (unpaired) electrons. The molecule has 0 aromatic heterocycles. The van der Waals surface area contributed by atoms with Gasteiger partial charge in [0.1, 0.15) is 11.8 Å². The molecule has 180 valence electrons. The largest absolute Gasteiger partial charge is 0.483 e. The summed E-state index contributed by atoms with van der Waals surface area (Å²) in [5, 5.41) is 5.87. The Morgan fingerprint density at radius 1 is 1.06 bits per heavy atom. The molecule has 0 aliphatic rings. The minimum absolute atomic E-state index is 0.146. The van der Waals surface area contributed by atoms with Gasteiger partial charge in [0.15, 0.2) is 6.61 Å². The SMILES string of the molecule is CC(C)CNC(=O)[C@H](C)N(Cc1ccc(Cl)cc1Cl)C(=O)COc1ccc2ccccc2c1Br. The molecule has 0 bridgehead atoms. The van der Waals surface area contributed by atoms with E-state index >= 15 is 0 Å². The number of amides is 2. The first-order chi connectivity index (χ1) is 16.2. The van der Waals surface area contributed by atoms with Gasteiger partial charge in [-0.15, -0.1) is 0 Å². The first-order valence-corrected chi connectivity index (χ1v) is 12.5. The van der Waals surface area contributed by atoms with Gasteiger partial charge in [-0.05, 0) is 63.3 Å². The third-order valence-corrected chi connectivity index (χ3v) is 6.79. The van der Waals surface area contributed by atoms with Gasteiger partial charge in [0.25, 0.3) is 5.91 Å². The van der Waals surface area contributed by atoms with Crippen LogP contribution in [0.3, 0.4) is 0 Å². The Morgan fingerprint density at radius 3 is 2.50 bits per heavy atom. The standard InChI is InChI=1S/C26H27BrCl2N2O3/c1-16(2)13-30-26(33)17(3)31(14-19-8-10-20(28)12-22(19)29)24(32)15-34-23-11-9-18-6-4-5-7-21(18)25(23)27/h4-12,16-17H,13-15H2,1-3H3,(H,30,33)/t17-/m0/s1. The van der Waals surface area contributed by atoms with Gasteiger partial charge in [-0.25, -0.2) is 0 Å². The van der Waals surface area contributed by atoms with E-state index in [0.29, 0.717) is 33.8 Å². The van der Waals surface area contributed by atoms with Gasteiger partial charge in [-0.3, -0.25) is 9.59 Å². The van der Waals surface area contributed by atoms with Crippen LogP contribution >= 0.6 is 39.1 Å². The fourth-order valence-corrected chi connectivity index (χ4v) is 4.49. The lowest BCUT2D eigenvalue weighted by Gasteiger charge is -2.29. The number of nitrogens with one attached hydrogen (secondary N) is 1. The van der Waals surface area contributed by atoms with Crippen molar-refractivity contribution in [3.8, 4) is 5.75 Å². The number of rotatable bonds is 9. The quantitative estimate of drug-likeness (QED) is 0.323. The average Bonchev–Trinajstić information content (AvgIpc) is 2.81. The number of hydrogen-bond acceptors (Lipinski definition) is 3. The summed E-state index contributed by atoms with van der Waals surface area (Å²) in [6.07, 6.45) is 0. The zero-order valence-electron chi connectivity index (χ0n) is 19.3. The third kappa shape index (κ3) is 6.65. The van der Waals surface area contributed by atoms with Crippen LogP contribution in [0.1, 0.15) is 26.3 Å². The molecule has 3 aromatic rings. The molecule has 0 aliphatic carbocycles. The Kier molecular flexibility index (Phi) is 9.23. The zero-order valence-corrected chi connectivity index (χ0v) is 22.4. The number of halogens is 3. The molecule has 0 saturated carbocycles. The van der Waals surface area contributed by atoms with Gasteiger partial charge >= 0.3 is 0 Å². The highest BCUT2D eigenvalue weighted by molar-refractivity contribution is 9.10. The summed E-state index contributed by atoms with van der Waals surface area (Å²) >= 11 is 16.0. The summed E-state index contributed by atoms with van der Waals surface area (Å²) in [6, 6.07) is 16.0. The molecule has 5 nitrogen and oxygen atoms in total. The molecule has 0 spiro atoms. The lowest BCUT2D eigenvalue weighted by Crippen LogP contribution is -2.49. The molecule has 34 heavy (non-hydrogen) atoms. The number of ether oxygens (including phenoxy) is 1. The van der Waals surface area contributed by atoms with Gasteiger partial charge in [0.2, 0.25) is 5.91 Å². The Hall–Kier alpha value is -2.28. The van der Waals surface area contributed by atoms with E-state index in [1.807, 2.05) is 50.2 Å². The molecule has 1 atom stereocenters. The summed E-state index contributed by atoms with van der Waals surface area (Å²) in [5.74, 6) is 0.269. The second kappa shape index (κ2) is 11.9. The third-order valence-electron chi connectivity index (χ3n) is 5.39. The van der Waals surface area contributed by atoms with E-state index in [4.69, 9.17) is 27.9 Å². The van der Waals surface area contributed by atoms with Gasteiger partial charge in [-0.1, -0.05) is 73.4 Å². The summed E-state index contributed by atoms with van der Waals surface area (Å²) < 4.78 is 6.65. The topological polar surface area (TPSA) is 58.6 Å². The van der Waals surface area contributed by atoms with E-state index in [-0.39, 0.29) is 25.0 Å². The van der Waals surface area contributed by atoms with Gasteiger partial charge in [-0.2, -0.15) is 0 Å². The fraction of sp³-hybridized carbons (Fsp3) is 0.308. The van der Waals surface area contributed by atoms with Crippen LogP contribution < -0.4 is 10.1 Å². The minimum atomic E-state index is -0.721. The van der Waals surface area contributed by atoms with E-state index < -0.39 is 6.04 Å². The van der Waals surface area contributed by atoms with Crippen LogP contribution in [-0.2, 0) is 16.1 Å². The first-order valence-electron chi connectivity index (χ1n) is 11.0. The van der Waals surface area contributed by atoms with Crippen LogP contribution in [0.25, 0.3) is 10.8 Å². The van der Waals surface area contributed by atoms with E-state index in [1.54, 1.807) is 25.1 Å². The summed E-state index contributed by atoms with van der Waals surface area (Å²) in [4.78, 5) is 27.6. The van der Waals surface area contributed by atoms with Crippen LogP contribution in [0.5, 0.6) is 5.75 Å². The molecule has 2 amide bonds. The molecule has 0 heterocycles.